The molecule has 0 aliphatic heterocycles. The van der Waals surface area contributed by atoms with Crippen LogP contribution >= 0.6 is 15.6 Å². The van der Waals surface area contributed by atoms with E-state index in [0.717, 1.165) is 96.3 Å². The van der Waals surface area contributed by atoms with Gasteiger partial charge in [0, 0.05) is 25.7 Å². The first kappa shape index (κ1) is 92.1. The zero-order chi connectivity index (χ0) is 69.1. The van der Waals surface area contributed by atoms with Gasteiger partial charge in [0.2, 0.25) is 0 Å². The molecule has 0 aliphatic carbocycles. The van der Waals surface area contributed by atoms with Crippen LogP contribution in [0.5, 0.6) is 0 Å². The van der Waals surface area contributed by atoms with Gasteiger partial charge in [-0.1, -0.05) is 343 Å². The van der Waals surface area contributed by atoms with Crippen molar-refractivity contribution in [2.24, 2.45) is 5.92 Å². The predicted molar refractivity (Wildman–Crippen MR) is 382 cm³/mol. The maximum atomic E-state index is 13.1. The van der Waals surface area contributed by atoms with Gasteiger partial charge in [-0.2, -0.15) is 0 Å². The molecule has 94 heavy (non-hydrogen) atoms. The number of aliphatic hydroxyl groups excluding tert-OH is 1. The number of unbranched alkanes of at least 4 members (excludes halogenated alkanes) is 47. The lowest BCUT2D eigenvalue weighted by molar-refractivity contribution is -0.161. The molecule has 19 heteroatoms. The minimum atomic E-state index is -4.95. The molecular formula is C75H146O17P2. The van der Waals surface area contributed by atoms with Gasteiger partial charge in [0.25, 0.3) is 0 Å². The van der Waals surface area contributed by atoms with E-state index in [9.17, 15) is 43.2 Å². The molecule has 0 aliphatic rings. The van der Waals surface area contributed by atoms with Crippen LogP contribution in [0.1, 0.15) is 394 Å². The summed E-state index contributed by atoms with van der Waals surface area (Å²) in [5, 5.41) is 10.6. The standard InChI is InChI=1S/C75H146O17P2/c1-6-9-12-15-17-19-21-23-25-27-29-31-33-35-37-39-41-45-50-55-60-74(79)92-71(65-86-73(78)59-54-49-44-40-38-36-34-32-30-28-26-24-22-20-18-16-13-10-7-2)67-90-94(83,84)88-63-69(76)62-87-93(81,82)89-66-70(64-85-72(77)58-53-47-14-11-8-3)91-75(80)61-56-51-46-42-43-48-52-57-68(4)5/h68-71,76H,6-67H2,1-5H3,(H,81,82)(H,83,84)/t69-,70+,71+/m0/s1. The van der Waals surface area contributed by atoms with E-state index in [1.165, 1.54) is 212 Å². The van der Waals surface area contributed by atoms with Crippen LogP contribution in [0, 0.1) is 5.92 Å². The minimum Gasteiger partial charge on any atom is -0.462 e. The second-order valence-electron chi connectivity index (χ2n) is 27.5. The average Bonchev–Trinajstić information content (AvgIpc) is 1.17. The average molecular weight is 1380 g/mol. The highest BCUT2D eigenvalue weighted by Crippen LogP contribution is 2.45. The molecule has 0 saturated carbocycles. The van der Waals surface area contributed by atoms with E-state index >= 15 is 0 Å². The molecule has 0 heterocycles. The summed E-state index contributed by atoms with van der Waals surface area (Å²) in [7, 11) is -9.90. The highest BCUT2D eigenvalue weighted by molar-refractivity contribution is 7.47. The lowest BCUT2D eigenvalue weighted by Gasteiger charge is -2.21. The van der Waals surface area contributed by atoms with Gasteiger partial charge in [-0.3, -0.25) is 37.3 Å². The third-order valence-corrected chi connectivity index (χ3v) is 19.4. The second kappa shape index (κ2) is 68.2. The number of rotatable bonds is 75. The zero-order valence-corrected chi connectivity index (χ0v) is 62.9. The van der Waals surface area contributed by atoms with Crippen molar-refractivity contribution in [2.45, 2.75) is 412 Å². The van der Waals surface area contributed by atoms with Crippen LogP contribution in [0.15, 0.2) is 0 Å². The second-order valence-corrected chi connectivity index (χ2v) is 30.4. The number of ether oxygens (including phenoxy) is 4. The van der Waals surface area contributed by atoms with Crippen molar-refractivity contribution in [1.29, 1.82) is 0 Å². The summed E-state index contributed by atoms with van der Waals surface area (Å²) >= 11 is 0. The molecule has 0 spiro atoms. The lowest BCUT2D eigenvalue weighted by Crippen LogP contribution is -2.30. The predicted octanol–water partition coefficient (Wildman–Crippen LogP) is 22.1. The van der Waals surface area contributed by atoms with Crippen molar-refractivity contribution in [3.05, 3.63) is 0 Å². The summed E-state index contributed by atoms with van der Waals surface area (Å²) in [5.74, 6) is -1.43. The summed E-state index contributed by atoms with van der Waals surface area (Å²) in [5.41, 5.74) is 0. The fourth-order valence-electron chi connectivity index (χ4n) is 11.5. The first-order valence-corrected chi connectivity index (χ1v) is 42.1. The Morgan fingerprint density at radius 2 is 0.489 bits per heavy atom. The quantitative estimate of drug-likeness (QED) is 0.0222. The SMILES string of the molecule is CCCCCCCCCCCCCCCCCCCCCCC(=O)O[C@H](COC(=O)CCCCCCCCCCCCCCCCCCCCC)COP(=O)(O)OC[C@@H](O)COP(=O)(O)OC[C@@H](COC(=O)CCCCCCC)OC(=O)CCCCCCCCCC(C)C. The number of esters is 4. The van der Waals surface area contributed by atoms with Crippen LogP contribution < -0.4 is 0 Å². The van der Waals surface area contributed by atoms with Gasteiger partial charge in [0.05, 0.1) is 26.4 Å². The molecule has 0 amide bonds. The number of phosphoric acid groups is 2. The highest BCUT2D eigenvalue weighted by atomic mass is 31.2. The van der Waals surface area contributed by atoms with Crippen molar-refractivity contribution in [3.63, 3.8) is 0 Å². The smallest absolute Gasteiger partial charge is 0.462 e. The van der Waals surface area contributed by atoms with Crippen LogP contribution in [0.4, 0.5) is 0 Å². The Kier molecular flexibility index (Phi) is 66.8. The van der Waals surface area contributed by atoms with Gasteiger partial charge in [-0.15, -0.1) is 0 Å². The minimum absolute atomic E-state index is 0.103. The molecule has 0 saturated heterocycles. The molecule has 0 fully saturated rings. The molecule has 0 aromatic carbocycles. The van der Waals surface area contributed by atoms with Gasteiger partial charge >= 0.3 is 39.5 Å². The van der Waals surface area contributed by atoms with E-state index in [1.54, 1.807) is 0 Å². The highest BCUT2D eigenvalue weighted by Gasteiger charge is 2.30. The Labute approximate surface area is 575 Å². The number of hydrogen-bond donors (Lipinski definition) is 3. The van der Waals surface area contributed by atoms with E-state index < -0.39 is 97.5 Å². The molecule has 0 bridgehead atoms. The molecule has 2 unspecified atom stereocenters. The Morgan fingerprint density at radius 1 is 0.287 bits per heavy atom. The van der Waals surface area contributed by atoms with Crippen LogP contribution in [0.25, 0.3) is 0 Å². The number of carbonyl (C=O) groups excluding carboxylic acids is 4. The summed E-state index contributed by atoms with van der Waals surface area (Å²) in [6, 6.07) is 0. The Morgan fingerprint density at radius 3 is 0.723 bits per heavy atom. The lowest BCUT2D eigenvalue weighted by atomic mass is 10.0. The largest absolute Gasteiger partial charge is 0.472 e. The number of aliphatic hydroxyl groups is 1. The van der Waals surface area contributed by atoms with Crippen molar-refractivity contribution in [3.8, 4) is 0 Å². The van der Waals surface area contributed by atoms with E-state index in [1.807, 2.05) is 0 Å². The zero-order valence-electron chi connectivity index (χ0n) is 61.1. The van der Waals surface area contributed by atoms with E-state index in [4.69, 9.17) is 37.0 Å². The first-order chi connectivity index (χ1) is 45.5. The number of phosphoric ester groups is 2. The molecule has 0 aromatic rings. The van der Waals surface area contributed by atoms with Gasteiger partial charge < -0.3 is 33.8 Å². The van der Waals surface area contributed by atoms with Crippen molar-refractivity contribution >= 4 is 39.5 Å². The first-order valence-electron chi connectivity index (χ1n) is 39.1. The molecule has 0 radical (unpaired) electrons. The fraction of sp³-hybridized carbons (Fsp3) is 0.947. The van der Waals surface area contributed by atoms with Crippen molar-refractivity contribution < 1.29 is 80.2 Å². The summed E-state index contributed by atoms with van der Waals surface area (Å²) in [4.78, 5) is 72.4. The normalized spacial score (nSPS) is 14.0. The van der Waals surface area contributed by atoms with Gasteiger partial charge in [0.1, 0.15) is 19.3 Å². The van der Waals surface area contributed by atoms with E-state index in [-0.39, 0.29) is 25.7 Å². The maximum absolute atomic E-state index is 13.1. The molecule has 17 nitrogen and oxygen atoms in total. The number of carbonyl (C=O) groups is 4. The Hall–Kier alpha value is -1.94. The third-order valence-electron chi connectivity index (χ3n) is 17.5. The summed E-state index contributed by atoms with van der Waals surface area (Å²) in [6.45, 7) is 7.12. The fourth-order valence-corrected chi connectivity index (χ4v) is 13.1. The monoisotopic (exact) mass is 1380 g/mol. The van der Waals surface area contributed by atoms with Gasteiger partial charge in [-0.05, 0) is 31.6 Å². The van der Waals surface area contributed by atoms with E-state index in [0.29, 0.717) is 31.6 Å². The van der Waals surface area contributed by atoms with Crippen molar-refractivity contribution in [2.75, 3.05) is 39.6 Å². The maximum Gasteiger partial charge on any atom is 0.472 e. The molecular weight excluding hydrogens is 1230 g/mol. The molecule has 558 valence electrons. The number of hydrogen-bond acceptors (Lipinski definition) is 15. The third kappa shape index (κ3) is 68.6. The molecule has 5 atom stereocenters. The Balaban J connectivity index is 5.11. The molecule has 0 rings (SSSR count). The topological polar surface area (TPSA) is 237 Å². The molecule has 3 N–H and O–H groups in total. The van der Waals surface area contributed by atoms with Crippen LogP contribution in [0.2, 0.25) is 0 Å². The van der Waals surface area contributed by atoms with Crippen LogP contribution in [-0.4, -0.2) is 96.7 Å². The Bertz CT molecular complexity index is 1810. The van der Waals surface area contributed by atoms with Gasteiger partial charge in [-0.25, -0.2) is 9.13 Å². The summed E-state index contributed by atoms with van der Waals surface area (Å²) in [6.07, 6.45) is 57.7. The summed E-state index contributed by atoms with van der Waals surface area (Å²) < 4.78 is 68.2. The van der Waals surface area contributed by atoms with Crippen molar-refractivity contribution in [1.82, 2.24) is 0 Å². The molecule has 0 aromatic heterocycles. The van der Waals surface area contributed by atoms with E-state index in [2.05, 4.69) is 34.6 Å². The van der Waals surface area contributed by atoms with Gasteiger partial charge in [0.15, 0.2) is 12.2 Å². The van der Waals surface area contributed by atoms with Crippen LogP contribution in [-0.2, 0) is 65.4 Å². The van der Waals surface area contributed by atoms with Crippen LogP contribution in [0.3, 0.4) is 0 Å².